The zero-order valence-corrected chi connectivity index (χ0v) is 20.4. The molecule has 2 heterocycles. The van der Waals surface area contributed by atoms with Gasteiger partial charge in [-0.25, -0.2) is 0 Å². The fourth-order valence-corrected chi connectivity index (χ4v) is 7.67. The van der Waals surface area contributed by atoms with Crippen LogP contribution < -0.4 is 10.1 Å². The molecule has 1 N–H and O–H groups in total. The molecule has 2 saturated carbocycles. The summed E-state index contributed by atoms with van der Waals surface area (Å²) in [6.07, 6.45) is 8.33. The molecule has 35 heavy (non-hydrogen) atoms. The molecule has 0 aromatic heterocycles. The number of halogens is 1. The summed E-state index contributed by atoms with van der Waals surface area (Å²) >= 11 is 6.01. The van der Waals surface area contributed by atoms with Crippen LogP contribution in [0.2, 0.25) is 5.02 Å². The molecule has 2 aromatic carbocycles. The molecule has 4 atom stereocenters. The number of nitrogens with zero attached hydrogens (tertiary/aromatic N) is 1. The average molecular weight is 489 g/mol. The minimum absolute atomic E-state index is 0.112. The highest BCUT2D eigenvalue weighted by atomic mass is 35.5. The van der Waals surface area contributed by atoms with Crippen molar-refractivity contribution in [3.8, 4) is 5.75 Å². The molecule has 1 amide bonds. The summed E-state index contributed by atoms with van der Waals surface area (Å²) in [4.78, 5) is 29.4. The zero-order valence-electron chi connectivity index (χ0n) is 19.6. The number of likely N-dealkylation sites (tertiary alicyclic amines) is 1. The maximum Gasteiger partial charge on any atom is 0.244 e. The highest BCUT2D eigenvalue weighted by Gasteiger charge is 2.73. The Labute approximate surface area is 210 Å². The second-order valence-electron chi connectivity index (χ2n) is 11.0. The maximum absolute atomic E-state index is 13.5. The van der Waals surface area contributed by atoms with Crippen molar-refractivity contribution in [3.05, 3.63) is 70.3 Å². The van der Waals surface area contributed by atoms with E-state index < -0.39 is 17.1 Å². The fourth-order valence-electron chi connectivity index (χ4n) is 7.54. The van der Waals surface area contributed by atoms with Gasteiger partial charge in [0, 0.05) is 35.7 Å². The Morgan fingerprint density at radius 3 is 2.80 bits per heavy atom. The van der Waals surface area contributed by atoms with Gasteiger partial charge in [0.05, 0.1) is 11.0 Å². The number of amides is 1. The number of carbonyl (C=O) groups excluding carboxylic acids is 2. The standard InChI is InChI=1S/C29H29ClN2O3/c30-21-9-6-18(7-10-21)8-11-25(34)31-29-13-12-22(33)27-28(29)14-15-32(17-19-4-5-19)24(29)16-20-2-1-3-23(35-27)26(20)28/h1-3,6-11,19,24,27H,4-5,12-17H2,(H,31,34)/b11-8+/t24?,27-,28-,29+/m0/s1. The molecule has 1 unspecified atom stereocenters. The molecule has 0 radical (unpaired) electrons. The molecule has 7 rings (SSSR count). The molecule has 180 valence electrons. The Morgan fingerprint density at radius 2 is 2.00 bits per heavy atom. The first-order valence-electron chi connectivity index (χ1n) is 12.8. The molecule has 3 fully saturated rings. The van der Waals surface area contributed by atoms with Gasteiger partial charge in [-0.05, 0) is 80.0 Å². The minimum Gasteiger partial charge on any atom is -0.481 e. The Kier molecular flexibility index (Phi) is 4.75. The predicted molar refractivity (Wildman–Crippen MR) is 135 cm³/mol. The first kappa shape index (κ1) is 21.6. The van der Waals surface area contributed by atoms with E-state index in [-0.39, 0.29) is 17.7 Å². The number of piperidine rings is 1. The third-order valence-electron chi connectivity index (χ3n) is 9.15. The van der Waals surface area contributed by atoms with Gasteiger partial charge in [0.2, 0.25) is 5.91 Å². The van der Waals surface area contributed by atoms with E-state index in [4.69, 9.17) is 16.3 Å². The normalized spacial score (nSPS) is 32.9. The van der Waals surface area contributed by atoms with Gasteiger partial charge in [-0.15, -0.1) is 0 Å². The van der Waals surface area contributed by atoms with Gasteiger partial charge >= 0.3 is 0 Å². The van der Waals surface area contributed by atoms with Crippen LogP contribution in [0.25, 0.3) is 6.08 Å². The second kappa shape index (κ2) is 7.68. The lowest BCUT2D eigenvalue weighted by atomic mass is 9.47. The summed E-state index contributed by atoms with van der Waals surface area (Å²) in [5.41, 5.74) is 2.36. The number of ketones is 1. The fraction of sp³-hybridized carbons (Fsp3) is 0.448. The quantitative estimate of drug-likeness (QED) is 0.637. The lowest BCUT2D eigenvalue weighted by molar-refractivity contribution is -0.148. The topological polar surface area (TPSA) is 58.6 Å². The molecule has 1 saturated heterocycles. The van der Waals surface area contributed by atoms with Gasteiger partial charge < -0.3 is 10.1 Å². The van der Waals surface area contributed by atoms with Gasteiger partial charge in [-0.3, -0.25) is 14.5 Å². The van der Waals surface area contributed by atoms with E-state index in [2.05, 4.69) is 16.3 Å². The Balaban J connectivity index is 1.31. The Morgan fingerprint density at radius 1 is 1.17 bits per heavy atom. The second-order valence-corrected chi connectivity index (χ2v) is 11.4. The number of hydrogen-bond donors (Lipinski definition) is 1. The summed E-state index contributed by atoms with van der Waals surface area (Å²) in [5.74, 6) is 1.66. The van der Waals surface area contributed by atoms with Crippen molar-refractivity contribution in [2.24, 2.45) is 5.92 Å². The first-order valence-corrected chi connectivity index (χ1v) is 13.2. The molecular formula is C29H29ClN2O3. The molecule has 5 nitrogen and oxygen atoms in total. The van der Waals surface area contributed by atoms with Crippen molar-refractivity contribution >= 4 is 29.4 Å². The molecule has 3 aliphatic carbocycles. The molecule has 1 spiro atoms. The third kappa shape index (κ3) is 3.10. The molecule has 2 aliphatic heterocycles. The van der Waals surface area contributed by atoms with Crippen LogP contribution in [0.5, 0.6) is 5.75 Å². The van der Waals surface area contributed by atoms with Crippen molar-refractivity contribution < 1.29 is 14.3 Å². The van der Waals surface area contributed by atoms with Crippen LogP contribution in [-0.4, -0.2) is 47.4 Å². The summed E-state index contributed by atoms with van der Waals surface area (Å²) in [7, 11) is 0. The number of benzene rings is 2. The maximum atomic E-state index is 13.5. The van der Waals surface area contributed by atoms with E-state index >= 15 is 0 Å². The minimum atomic E-state index is -0.528. The summed E-state index contributed by atoms with van der Waals surface area (Å²) in [6.45, 7) is 2.02. The van der Waals surface area contributed by atoms with E-state index in [1.165, 1.54) is 24.0 Å². The monoisotopic (exact) mass is 488 g/mol. The lowest BCUT2D eigenvalue weighted by Gasteiger charge is -2.65. The Hall–Kier alpha value is -2.63. The van der Waals surface area contributed by atoms with Crippen molar-refractivity contribution in [3.63, 3.8) is 0 Å². The number of carbonyl (C=O) groups is 2. The lowest BCUT2D eigenvalue weighted by Crippen LogP contribution is -2.81. The van der Waals surface area contributed by atoms with Crippen LogP contribution in [0.4, 0.5) is 0 Å². The molecule has 2 bridgehead atoms. The SMILES string of the molecule is O=C(/C=C/c1ccc(Cl)cc1)N[C@@]12CCC(=O)[C@@H]3Oc4cccc5c4[C@@]31CCN(CC1CC1)C2C5. The number of Topliss-reactive ketones (excluding diaryl/α,β-unsaturated/α-hetero) is 1. The predicted octanol–water partition coefficient (Wildman–Crippen LogP) is 4.31. The first-order chi connectivity index (χ1) is 17.0. The summed E-state index contributed by atoms with van der Waals surface area (Å²) < 4.78 is 6.42. The molecule has 2 aromatic rings. The van der Waals surface area contributed by atoms with Gasteiger partial charge in [-0.2, -0.15) is 0 Å². The van der Waals surface area contributed by atoms with Crippen molar-refractivity contribution in [2.75, 3.05) is 13.1 Å². The van der Waals surface area contributed by atoms with Gasteiger partial charge in [0.1, 0.15) is 5.75 Å². The molecule has 5 aliphatic rings. The van der Waals surface area contributed by atoms with E-state index in [0.717, 1.165) is 43.2 Å². The molecule has 6 heteroatoms. The largest absolute Gasteiger partial charge is 0.481 e. The van der Waals surface area contributed by atoms with Gasteiger partial charge in [0.25, 0.3) is 0 Å². The Bertz CT molecular complexity index is 1250. The van der Waals surface area contributed by atoms with Crippen molar-refractivity contribution in [1.82, 2.24) is 10.2 Å². The summed E-state index contributed by atoms with van der Waals surface area (Å²) in [5, 5.41) is 4.20. The summed E-state index contributed by atoms with van der Waals surface area (Å²) in [6, 6.07) is 13.9. The average Bonchev–Trinajstić information content (AvgIpc) is 3.60. The highest BCUT2D eigenvalue weighted by molar-refractivity contribution is 6.30. The van der Waals surface area contributed by atoms with Crippen LogP contribution in [0.1, 0.15) is 48.8 Å². The van der Waals surface area contributed by atoms with E-state index in [9.17, 15) is 9.59 Å². The van der Waals surface area contributed by atoms with Gasteiger partial charge in [0.15, 0.2) is 11.9 Å². The zero-order chi connectivity index (χ0) is 23.8. The van der Waals surface area contributed by atoms with Crippen LogP contribution >= 0.6 is 11.6 Å². The number of nitrogens with one attached hydrogen (secondary N) is 1. The number of rotatable bonds is 5. The van der Waals surface area contributed by atoms with Crippen LogP contribution in [0, 0.1) is 5.92 Å². The smallest absolute Gasteiger partial charge is 0.244 e. The van der Waals surface area contributed by atoms with Crippen molar-refractivity contribution in [1.29, 1.82) is 0 Å². The van der Waals surface area contributed by atoms with Crippen LogP contribution in [0.15, 0.2) is 48.5 Å². The van der Waals surface area contributed by atoms with Gasteiger partial charge in [-0.1, -0.05) is 35.9 Å². The van der Waals surface area contributed by atoms with E-state index in [1.54, 1.807) is 6.08 Å². The van der Waals surface area contributed by atoms with Crippen molar-refractivity contribution in [2.45, 2.75) is 61.6 Å². The third-order valence-corrected chi connectivity index (χ3v) is 9.41. The van der Waals surface area contributed by atoms with Crippen LogP contribution in [0.3, 0.4) is 0 Å². The van der Waals surface area contributed by atoms with E-state index in [0.29, 0.717) is 17.9 Å². The number of ether oxygens (including phenoxy) is 1. The number of hydrogen-bond acceptors (Lipinski definition) is 4. The van der Waals surface area contributed by atoms with Crippen LogP contribution in [-0.2, 0) is 21.4 Å². The van der Waals surface area contributed by atoms with E-state index in [1.807, 2.05) is 42.5 Å². The molecular weight excluding hydrogens is 460 g/mol. The highest BCUT2D eigenvalue weighted by Crippen LogP contribution is 2.63.